The highest BCUT2D eigenvalue weighted by atomic mass is 35.5. The van der Waals surface area contributed by atoms with Crippen LogP contribution in [-0.2, 0) is 0 Å². The van der Waals surface area contributed by atoms with Crippen LogP contribution in [-0.4, -0.2) is 14.1 Å². The van der Waals surface area contributed by atoms with Crippen LogP contribution in [0.15, 0.2) is 18.2 Å². The molecule has 0 saturated heterocycles. The standard InChI is InChI=1S/C9H12ClN/c1-7-6-8(10)4-5-9(7)11(2)3/h4-6H,1-3H3. The molecule has 0 fully saturated rings. The van der Waals surface area contributed by atoms with Crippen LogP contribution in [0.3, 0.4) is 0 Å². The molecule has 0 atom stereocenters. The number of hydrogen-bond acceptors (Lipinski definition) is 1. The molecule has 0 aliphatic carbocycles. The summed E-state index contributed by atoms with van der Waals surface area (Å²) in [6, 6.07) is 5.90. The first-order valence-electron chi connectivity index (χ1n) is 3.55. The SMILES string of the molecule is Cc1cc(Cl)ccc1N(C)C. The Balaban J connectivity index is 3.09. The summed E-state index contributed by atoms with van der Waals surface area (Å²) >= 11 is 5.80. The van der Waals surface area contributed by atoms with Crippen LogP contribution >= 0.6 is 11.6 Å². The Bertz CT molecular complexity index is 256. The first-order valence-corrected chi connectivity index (χ1v) is 3.92. The van der Waals surface area contributed by atoms with Gasteiger partial charge < -0.3 is 4.90 Å². The van der Waals surface area contributed by atoms with E-state index in [-0.39, 0.29) is 0 Å². The molecular weight excluding hydrogens is 158 g/mol. The number of aryl methyl sites for hydroxylation is 1. The Kier molecular flexibility index (Phi) is 2.40. The van der Waals surface area contributed by atoms with E-state index in [0.29, 0.717) is 0 Å². The van der Waals surface area contributed by atoms with Gasteiger partial charge in [-0.05, 0) is 30.7 Å². The highest BCUT2D eigenvalue weighted by Crippen LogP contribution is 2.21. The lowest BCUT2D eigenvalue weighted by molar-refractivity contribution is 1.11. The molecule has 0 amide bonds. The third-order valence-electron chi connectivity index (χ3n) is 1.64. The summed E-state index contributed by atoms with van der Waals surface area (Å²) in [5.41, 5.74) is 2.43. The molecule has 1 nitrogen and oxygen atoms in total. The fraction of sp³-hybridized carbons (Fsp3) is 0.333. The van der Waals surface area contributed by atoms with E-state index in [1.807, 2.05) is 32.3 Å². The molecule has 0 aromatic heterocycles. The third-order valence-corrected chi connectivity index (χ3v) is 1.88. The summed E-state index contributed by atoms with van der Waals surface area (Å²) in [7, 11) is 4.05. The molecule has 60 valence electrons. The first-order chi connectivity index (χ1) is 5.11. The minimum atomic E-state index is 0.799. The van der Waals surface area contributed by atoms with Crippen LogP contribution < -0.4 is 4.90 Å². The van der Waals surface area contributed by atoms with Gasteiger partial charge in [-0.2, -0.15) is 0 Å². The Hall–Kier alpha value is -0.690. The Morgan fingerprint density at radius 2 is 1.91 bits per heavy atom. The maximum absolute atomic E-state index is 5.80. The summed E-state index contributed by atoms with van der Waals surface area (Å²) in [5, 5.41) is 0.799. The van der Waals surface area contributed by atoms with E-state index in [2.05, 4.69) is 11.8 Å². The Morgan fingerprint density at radius 1 is 1.27 bits per heavy atom. The number of halogens is 1. The van der Waals surface area contributed by atoms with E-state index < -0.39 is 0 Å². The lowest BCUT2D eigenvalue weighted by Crippen LogP contribution is -2.09. The van der Waals surface area contributed by atoms with Crippen LogP contribution in [0.4, 0.5) is 5.69 Å². The van der Waals surface area contributed by atoms with Crippen LogP contribution in [0, 0.1) is 6.92 Å². The van der Waals surface area contributed by atoms with Crippen molar-refractivity contribution in [2.45, 2.75) is 6.92 Å². The third kappa shape index (κ3) is 1.87. The molecule has 0 N–H and O–H groups in total. The maximum Gasteiger partial charge on any atom is 0.0410 e. The maximum atomic E-state index is 5.80. The molecular formula is C9H12ClN. The van der Waals surface area contributed by atoms with Gasteiger partial charge >= 0.3 is 0 Å². The van der Waals surface area contributed by atoms with Gasteiger partial charge in [-0.3, -0.25) is 0 Å². The summed E-state index contributed by atoms with van der Waals surface area (Å²) in [5.74, 6) is 0. The molecule has 11 heavy (non-hydrogen) atoms. The van der Waals surface area contributed by atoms with Crippen molar-refractivity contribution in [1.82, 2.24) is 0 Å². The van der Waals surface area contributed by atoms with Crippen LogP contribution in [0.1, 0.15) is 5.56 Å². The van der Waals surface area contributed by atoms with Crippen molar-refractivity contribution in [3.05, 3.63) is 28.8 Å². The number of rotatable bonds is 1. The molecule has 2 heteroatoms. The minimum Gasteiger partial charge on any atom is -0.377 e. The molecule has 0 bridgehead atoms. The monoisotopic (exact) mass is 169 g/mol. The van der Waals surface area contributed by atoms with E-state index in [1.54, 1.807) is 0 Å². The van der Waals surface area contributed by atoms with Gasteiger partial charge in [0.05, 0.1) is 0 Å². The van der Waals surface area contributed by atoms with Crippen molar-refractivity contribution >= 4 is 17.3 Å². The van der Waals surface area contributed by atoms with Crippen molar-refractivity contribution in [2.24, 2.45) is 0 Å². The van der Waals surface area contributed by atoms with Crippen molar-refractivity contribution in [1.29, 1.82) is 0 Å². The van der Waals surface area contributed by atoms with E-state index in [1.165, 1.54) is 11.3 Å². The van der Waals surface area contributed by atoms with E-state index in [4.69, 9.17) is 11.6 Å². The fourth-order valence-electron chi connectivity index (χ4n) is 1.12. The number of anilines is 1. The molecule has 0 spiro atoms. The van der Waals surface area contributed by atoms with Crippen LogP contribution in [0.5, 0.6) is 0 Å². The van der Waals surface area contributed by atoms with E-state index >= 15 is 0 Å². The molecule has 0 unspecified atom stereocenters. The number of benzene rings is 1. The van der Waals surface area contributed by atoms with Crippen molar-refractivity contribution in [3.8, 4) is 0 Å². The smallest absolute Gasteiger partial charge is 0.0410 e. The second-order valence-corrected chi connectivity index (χ2v) is 3.26. The lowest BCUT2D eigenvalue weighted by atomic mass is 10.2. The molecule has 0 aliphatic rings. The molecule has 1 rings (SSSR count). The van der Waals surface area contributed by atoms with Crippen molar-refractivity contribution < 1.29 is 0 Å². The molecule has 1 aromatic carbocycles. The quantitative estimate of drug-likeness (QED) is 0.625. The van der Waals surface area contributed by atoms with Gasteiger partial charge in [0, 0.05) is 24.8 Å². The highest BCUT2D eigenvalue weighted by molar-refractivity contribution is 6.30. The average molecular weight is 170 g/mol. The van der Waals surface area contributed by atoms with E-state index in [9.17, 15) is 0 Å². The van der Waals surface area contributed by atoms with Crippen LogP contribution in [0.2, 0.25) is 5.02 Å². The minimum absolute atomic E-state index is 0.799. The normalized spacial score (nSPS) is 9.82. The van der Waals surface area contributed by atoms with Gasteiger partial charge in [-0.1, -0.05) is 11.6 Å². The summed E-state index contributed by atoms with van der Waals surface area (Å²) in [6.45, 7) is 2.06. The number of nitrogens with zero attached hydrogens (tertiary/aromatic N) is 1. The van der Waals surface area contributed by atoms with E-state index in [0.717, 1.165) is 5.02 Å². The molecule has 1 aromatic rings. The van der Waals surface area contributed by atoms with Gasteiger partial charge in [0.1, 0.15) is 0 Å². The topological polar surface area (TPSA) is 3.24 Å². The fourth-order valence-corrected chi connectivity index (χ4v) is 1.35. The predicted octanol–water partition coefficient (Wildman–Crippen LogP) is 2.71. The summed E-state index contributed by atoms with van der Waals surface area (Å²) in [4.78, 5) is 2.08. The second-order valence-electron chi connectivity index (χ2n) is 2.83. The Labute approximate surface area is 72.6 Å². The predicted molar refractivity (Wildman–Crippen MR) is 50.5 cm³/mol. The van der Waals surface area contributed by atoms with Crippen molar-refractivity contribution in [2.75, 3.05) is 19.0 Å². The zero-order valence-corrected chi connectivity index (χ0v) is 7.81. The van der Waals surface area contributed by atoms with Crippen molar-refractivity contribution in [3.63, 3.8) is 0 Å². The lowest BCUT2D eigenvalue weighted by Gasteiger charge is -2.15. The van der Waals surface area contributed by atoms with Gasteiger partial charge in [-0.15, -0.1) is 0 Å². The number of hydrogen-bond donors (Lipinski definition) is 0. The van der Waals surface area contributed by atoms with Gasteiger partial charge in [0.25, 0.3) is 0 Å². The Morgan fingerprint density at radius 3 is 2.36 bits per heavy atom. The molecule has 0 radical (unpaired) electrons. The second kappa shape index (κ2) is 3.14. The molecule has 0 saturated carbocycles. The molecule has 0 heterocycles. The zero-order chi connectivity index (χ0) is 8.43. The van der Waals surface area contributed by atoms with Gasteiger partial charge in [0.2, 0.25) is 0 Å². The average Bonchev–Trinajstić information content (AvgIpc) is 1.85. The van der Waals surface area contributed by atoms with Crippen LogP contribution in [0.25, 0.3) is 0 Å². The first kappa shape index (κ1) is 8.41. The van der Waals surface area contributed by atoms with Gasteiger partial charge in [0.15, 0.2) is 0 Å². The summed E-state index contributed by atoms with van der Waals surface area (Å²) in [6.07, 6.45) is 0. The zero-order valence-electron chi connectivity index (χ0n) is 7.06. The summed E-state index contributed by atoms with van der Waals surface area (Å²) < 4.78 is 0. The largest absolute Gasteiger partial charge is 0.377 e. The molecule has 0 aliphatic heterocycles. The van der Waals surface area contributed by atoms with Gasteiger partial charge in [-0.25, -0.2) is 0 Å². The highest BCUT2D eigenvalue weighted by Gasteiger charge is 1.99.